The maximum atomic E-state index is 12.2. The Morgan fingerprint density at radius 3 is 1.76 bits per heavy atom. The fourth-order valence-electron chi connectivity index (χ4n) is 4.98. The summed E-state index contributed by atoms with van der Waals surface area (Å²) >= 11 is 0. The van der Waals surface area contributed by atoms with E-state index in [0.717, 1.165) is 33.1 Å². The molecule has 4 rings (SSSR count). The van der Waals surface area contributed by atoms with Gasteiger partial charge in [-0.15, -0.1) is 0 Å². The summed E-state index contributed by atoms with van der Waals surface area (Å²) < 4.78 is 15.1. The van der Waals surface area contributed by atoms with Gasteiger partial charge in [-0.3, -0.25) is 0 Å². The van der Waals surface area contributed by atoms with Gasteiger partial charge in [0.2, 0.25) is 0 Å². The summed E-state index contributed by atoms with van der Waals surface area (Å²) in [5.41, 5.74) is 12.1. The quantitative estimate of drug-likeness (QED) is 0.0668. The van der Waals surface area contributed by atoms with Crippen molar-refractivity contribution >= 4 is 40.1 Å². The molecule has 0 bridgehead atoms. The molecule has 12 heteroatoms. The zero-order valence-corrected chi connectivity index (χ0v) is 29.1. The van der Waals surface area contributed by atoms with Crippen LogP contribution in [-0.2, 0) is 27.1 Å². The van der Waals surface area contributed by atoms with Crippen molar-refractivity contribution in [3.05, 3.63) is 96.4 Å². The molecule has 2 atom stereocenters. The molecule has 0 aliphatic carbocycles. The fraction of sp³-hybridized carbons (Fsp3) is 0.395. The van der Waals surface area contributed by atoms with Gasteiger partial charge in [-0.1, -0.05) is 56.0 Å². The van der Waals surface area contributed by atoms with Crippen LogP contribution >= 0.6 is 0 Å². The van der Waals surface area contributed by atoms with E-state index in [1.165, 1.54) is 23.1 Å². The molecule has 0 aliphatic rings. The van der Waals surface area contributed by atoms with Crippen LogP contribution in [0.5, 0.6) is 0 Å². The number of alkyl carbamates (subject to hydrolysis) is 3. The SMILES string of the molecule is C.C=CCOC(=O)NC[C@@H](Cc1c[nH]c2ccc(C)cc12)NC(=O)OC(C)(C)C.C=CCOC(=O)NC[C@H](N)Cc1c[nH]c2ccc(C)cc12. The third-order valence-corrected chi connectivity index (χ3v) is 7.18. The van der Waals surface area contributed by atoms with Gasteiger partial charge in [0.1, 0.15) is 18.8 Å². The molecule has 2 heterocycles. The lowest BCUT2D eigenvalue weighted by Gasteiger charge is -2.24. The number of nitrogens with one attached hydrogen (secondary N) is 5. The minimum Gasteiger partial charge on any atom is -0.445 e. The Bertz CT molecular complexity index is 1720. The summed E-state index contributed by atoms with van der Waals surface area (Å²) in [5.74, 6) is 0. The maximum absolute atomic E-state index is 12.2. The molecule has 0 unspecified atom stereocenters. The van der Waals surface area contributed by atoms with Gasteiger partial charge in [0.25, 0.3) is 0 Å². The van der Waals surface area contributed by atoms with Crippen LogP contribution in [0.25, 0.3) is 21.8 Å². The van der Waals surface area contributed by atoms with Crippen LogP contribution in [0, 0.1) is 13.8 Å². The monoisotopic (exact) mass is 690 g/mol. The smallest absolute Gasteiger partial charge is 0.407 e. The summed E-state index contributed by atoms with van der Waals surface area (Å²) in [6.45, 7) is 17.4. The second-order valence-corrected chi connectivity index (χ2v) is 12.8. The van der Waals surface area contributed by atoms with Crippen LogP contribution in [-0.4, -0.2) is 72.2 Å². The molecule has 4 aromatic rings. The molecule has 3 amide bonds. The lowest BCUT2D eigenvalue weighted by atomic mass is 10.0. The molecule has 12 nitrogen and oxygen atoms in total. The third kappa shape index (κ3) is 13.7. The lowest BCUT2D eigenvalue weighted by Crippen LogP contribution is -2.46. The molecule has 7 N–H and O–H groups in total. The first-order valence-corrected chi connectivity index (χ1v) is 16.2. The number of fused-ring (bicyclic) bond motifs is 2. The number of carbonyl (C=O) groups is 3. The van der Waals surface area contributed by atoms with Gasteiger partial charge >= 0.3 is 18.3 Å². The van der Waals surface area contributed by atoms with E-state index < -0.39 is 23.9 Å². The van der Waals surface area contributed by atoms with Crippen molar-refractivity contribution in [3.63, 3.8) is 0 Å². The highest BCUT2D eigenvalue weighted by atomic mass is 16.6. The number of ether oxygens (including phenoxy) is 3. The van der Waals surface area contributed by atoms with Crippen molar-refractivity contribution in [2.24, 2.45) is 5.73 Å². The van der Waals surface area contributed by atoms with E-state index in [-0.39, 0.29) is 39.3 Å². The van der Waals surface area contributed by atoms with Crippen molar-refractivity contribution in [1.29, 1.82) is 0 Å². The highest BCUT2D eigenvalue weighted by Crippen LogP contribution is 2.22. The summed E-state index contributed by atoms with van der Waals surface area (Å²) in [5, 5.41) is 10.4. The minimum atomic E-state index is -0.608. The zero-order chi connectivity index (χ0) is 36.0. The van der Waals surface area contributed by atoms with Crippen LogP contribution in [0.3, 0.4) is 0 Å². The van der Waals surface area contributed by atoms with Gasteiger partial charge in [0.15, 0.2) is 0 Å². The summed E-state index contributed by atoms with van der Waals surface area (Å²) in [6, 6.07) is 11.9. The predicted molar refractivity (Wildman–Crippen MR) is 200 cm³/mol. The second kappa shape index (κ2) is 19.7. The summed E-state index contributed by atoms with van der Waals surface area (Å²) in [7, 11) is 0. The fourth-order valence-corrected chi connectivity index (χ4v) is 4.98. The van der Waals surface area contributed by atoms with Crippen LogP contribution < -0.4 is 21.7 Å². The Morgan fingerprint density at radius 2 is 1.28 bits per heavy atom. The van der Waals surface area contributed by atoms with Gasteiger partial charge in [-0.05, 0) is 82.9 Å². The molecular formula is C38H54N6O6. The maximum Gasteiger partial charge on any atom is 0.407 e. The first kappa shape index (κ1) is 40.9. The molecular weight excluding hydrogens is 636 g/mol. The number of amides is 3. The number of benzene rings is 2. The normalized spacial score (nSPS) is 12.0. The number of aromatic nitrogens is 2. The zero-order valence-electron chi connectivity index (χ0n) is 29.1. The average Bonchev–Trinajstić information content (AvgIpc) is 3.62. The number of hydrogen-bond donors (Lipinski definition) is 6. The average molecular weight is 691 g/mol. The Balaban J connectivity index is 0.000000353. The van der Waals surface area contributed by atoms with Gasteiger partial charge in [-0.2, -0.15) is 0 Å². The van der Waals surface area contributed by atoms with Crippen LogP contribution in [0.4, 0.5) is 14.4 Å². The Labute approximate surface area is 295 Å². The Hall–Kier alpha value is -5.23. The molecule has 50 heavy (non-hydrogen) atoms. The molecule has 2 aromatic heterocycles. The molecule has 0 saturated heterocycles. The third-order valence-electron chi connectivity index (χ3n) is 7.18. The van der Waals surface area contributed by atoms with Crippen LogP contribution in [0.1, 0.15) is 50.5 Å². The van der Waals surface area contributed by atoms with E-state index in [2.05, 4.69) is 70.3 Å². The number of aryl methyl sites for hydroxylation is 2. The number of aromatic amines is 2. The van der Waals surface area contributed by atoms with Crippen molar-refractivity contribution in [2.45, 2.75) is 72.6 Å². The van der Waals surface area contributed by atoms with Crippen molar-refractivity contribution < 1.29 is 28.6 Å². The first-order chi connectivity index (χ1) is 23.3. The van der Waals surface area contributed by atoms with Crippen LogP contribution in [0.15, 0.2) is 74.1 Å². The molecule has 272 valence electrons. The largest absolute Gasteiger partial charge is 0.445 e. The van der Waals surface area contributed by atoms with Crippen molar-refractivity contribution in [3.8, 4) is 0 Å². The number of carbonyl (C=O) groups excluding carboxylic acids is 3. The number of nitrogens with two attached hydrogens (primary N) is 1. The van der Waals surface area contributed by atoms with Crippen molar-refractivity contribution in [2.75, 3.05) is 26.3 Å². The molecule has 0 aliphatic heterocycles. The molecule has 0 fully saturated rings. The minimum absolute atomic E-state index is 0. The Kier molecular flexibility index (Phi) is 16.1. The molecule has 0 saturated carbocycles. The standard InChI is InChI=1S/C21H29N3O4.C16H21N3O2.CH4/c1-6-9-27-19(25)23-13-16(24-20(26)28-21(3,4)5)11-15-12-22-18-8-7-14(2)10-17(15)18;1-3-6-21-16(20)19-10-13(17)8-12-9-18-15-5-4-11(2)7-14(12)15;/h6-8,10,12,16,22H,1,9,11,13H2,2-5H3,(H,23,25)(H,24,26);3-5,7,9,13,18H,1,6,8,10,17H2,2H3,(H,19,20);1H4/t16-;13-;/m11./s1. The van der Waals surface area contributed by atoms with Gasteiger partial charge in [0, 0.05) is 53.3 Å². The number of rotatable bonds is 13. The summed E-state index contributed by atoms with van der Waals surface area (Å²) in [4.78, 5) is 41.8. The van der Waals surface area contributed by atoms with Gasteiger partial charge < -0.3 is 45.9 Å². The van der Waals surface area contributed by atoms with Gasteiger partial charge in [-0.25, -0.2) is 14.4 Å². The Morgan fingerprint density at radius 1 is 0.800 bits per heavy atom. The van der Waals surface area contributed by atoms with E-state index in [9.17, 15) is 14.4 Å². The van der Waals surface area contributed by atoms with Crippen LogP contribution in [0.2, 0.25) is 0 Å². The highest BCUT2D eigenvalue weighted by molar-refractivity contribution is 5.84. The second-order valence-electron chi connectivity index (χ2n) is 12.8. The molecule has 2 aromatic carbocycles. The number of H-pyrrole nitrogens is 2. The van der Waals surface area contributed by atoms with E-state index in [0.29, 0.717) is 19.4 Å². The predicted octanol–water partition coefficient (Wildman–Crippen LogP) is 6.72. The van der Waals surface area contributed by atoms with Crippen molar-refractivity contribution in [1.82, 2.24) is 25.9 Å². The summed E-state index contributed by atoms with van der Waals surface area (Å²) in [6.07, 6.45) is 6.54. The van der Waals surface area contributed by atoms with E-state index in [4.69, 9.17) is 19.9 Å². The van der Waals surface area contributed by atoms with E-state index in [1.54, 1.807) is 20.8 Å². The number of hydrogen-bond acceptors (Lipinski definition) is 7. The van der Waals surface area contributed by atoms with E-state index >= 15 is 0 Å². The molecule has 0 spiro atoms. The molecule has 0 radical (unpaired) electrons. The van der Waals surface area contributed by atoms with Gasteiger partial charge in [0.05, 0.1) is 6.04 Å². The highest BCUT2D eigenvalue weighted by Gasteiger charge is 2.21. The topological polar surface area (TPSA) is 173 Å². The van der Waals surface area contributed by atoms with E-state index in [1.807, 2.05) is 31.5 Å². The first-order valence-electron chi connectivity index (χ1n) is 16.2. The lowest BCUT2D eigenvalue weighted by molar-refractivity contribution is 0.0502.